The first-order valence-corrected chi connectivity index (χ1v) is 7.00. The average Bonchev–Trinajstić information content (AvgIpc) is 2.73. The molecule has 2 rings (SSSR count). The molecule has 0 saturated carbocycles. The second kappa shape index (κ2) is 6.55. The van der Waals surface area contributed by atoms with E-state index in [4.69, 9.17) is 22.1 Å². The number of likely N-dealkylation sites (tertiary alicyclic amines) is 1. The Morgan fingerprint density at radius 2 is 2.32 bits per heavy atom. The number of ether oxygens (including phenoxy) is 1. The highest BCUT2D eigenvalue weighted by Gasteiger charge is 2.27. The van der Waals surface area contributed by atoms with Crippen LogP contribution in [0.3, 0.4) is 0 Å². The maximum atomic E-state index is 12.9. The Kier molecular flexibility index (Phi) is 5.02. The summed E-state index contributed by atoms with van der Waals surface area (Å²) in [6.45, 7) is 5.36. The zero-order valence-electron chi connectivity index (χ0n) is 11.1. The van der Waals surface area contributed by atoms with Crippen LogP contribution in [-0.4, -0.2) is 37.2 Å². The van der Waals surface area contributed by atoms with Gasteiger partial charge in [-0.05, 0) is 44.0 Å². The van der Waals surface area contributed by atoms with Crippen molar-refractivity contribution in [2.45, 2.75) is 19.4 Å². The van der Waals surface area contributed by atoms with Crippen molar-refractivity contribution in [1.82, 2.24) is 4.90 Å². The molecule has 1 aliphatic rings. The summed E-state index contributed by atoms with van der Waals surface area (Å²) in [5.74, 6) is 0.769. The van der Waals surface area contributed by atoms with Crippen molar-refractivity contribution in [2.24, 2.45) is 11.7 Å². The molecule has 2 unspecified atom stereocenters. The molecule has 1 saturated heterocycles. The fourth-order valence-electron chi connectivity index (χ4n) is 2.57. The van der Waals surface area contributed by atoms with Gasteiger partial charge in [-0.25, -0.2) is 4.39 Å². The number of hydrogen-bond donors (Lipinski definition) is 1. The van der Waals surface area contributed by atoms with Gasteiger partial charge in [0.1, 0.15) is 18.2 Å². The first-order chi connectivity index (χ1) is 9.10. The summed E-state index contributed by atoms with van der Waals surface area (Å²) >= 11 is 5.90. The number of hydrogen-bond acceptors (Lipinski definition) is 3. The summed E-state index contributed by atoms with van der Waals surface area (Å²) in [7, 11) is 0. The molecule has 0 radical (unpaired) electrons. The summed E-state index contributed by atoms with van der Waals surface area (Å²) < 4.78 is 18.5. The van der Waals surface area contributed by atoms with Gasteiger partial charge in [-0.15, -0.1) is 0 Å². The lowest BCUT2D eigenvalue weighted by Crippen LogP contribution is -2.32. The second-order valence-electron chi connectivity index (χ2n) is 5.10. The predicted octanol–water partition coefficient (Wildman–Crippen LogP) is 2.53. The predicted molar refractivity (Wildman–Crippen MR) is 75.1 cm³/mol. The van der Waals surface area contributed by atoms with Crippen LogP contribution < -0.4 is 10.5 Å². The summed E-state index contributed by atoms with van der Waals surface area (Å²) in [6.07, 6.45) is 1.15. The molecular formula is C14H20ClFN2O. The highest BCUT2D eigenvalue weighted by molar-refractivity contribution is 6.32. The van der Waals surface area contributed by atoms with Crippen LogP contribution in [0.5, 0.6) is 5.75 Å². The van der Waals surface area contributed by atoms with E-state index < -0.39 is 0 Å². The Bertz CT molecular complexity index is 430. The van der Waals surface area contributed by atoms with E-state index >= 15 is 0 Å². The van der Waals surface area contributed by atoms with Gasteiger partial charge in [0.15, 0.2) is 0 Å². The van der Waals surface area contributed by atoms with E-state index in [1.165, 1.54) is 12.1 Å². The highest BCUT2D eigenvalue weighted by Crippen LogP contribution is 2.25. The normalized spacial score (nSPS) is 23.8. The molecule has 3 nitrogen and oxygen atoms in total. The molecule has 106 valence electrons. The lowest BCUT2D eigenvalue weighted by atomic mass is 10.1. The van der Waals surface area contributed by atoms with Crippen molar-refractivity contribution in [3.8, 4) is 5.75 Å². The van der Waals surface area contributed by atoms with E-state index in [1.807, 2.05) is 0 Å². The van der Waals surface area contributed by atoms with Crippen molar-refractivity contribution >= 4 is 11.6 Å². The average molecular weight is 287 g/mol. The van der Waals surface area contributed by atoms with E-state index in [0.29, 0.717) is 29.3 Å². The molecule has 0 amide bonds. The van der Waals surface area contributed by atoms with Gasteiger partial charge in [0, 0.05) is 19.1 Å². The van der Waals surface area contributed by atoms with Gasteiger partial charge >= 0.3 is 0 Å². The van der Waals surface area contributed by atoms with Gasteiger partial charge in [0.25, 0.3) is 0 Å². The zero-order chi connectivity index (χ0) is 13.8. The van der Waals surface area contributed by atoms with E-state index in [1.54, 1.807) is 6.07 Å². The molecule has 2 atom stereocenters. The molecule has 0 bridgehead atoms. The molecule has 1 aliphatic heterocycles. The maximum Gasteiger partial charge on any atom is 0.138 e. The molecule has 1 fully saturated rings. The van der Waals surface area contributed by atoms with Gasteiger partial charge in [-0.1, -0.05) is 11.6 Å². The second-order valence-corrected chi connectivity index (χ2v) is 5.51. The van der Waals surface area contributed by atoms with Crippen LogP contribution in [-0.2, 0) is 0 Å². The monoisotopic (exact) mass is 286 g/mol. The number of benzene rings is 1. The number of rotatable bonds is 5. The van der Waals surface area contributed by atoms with E-state index in [2.05, 4.69) is 11.8 Å². The number of nitrogens with two attached hydrogens (primary N) is 1. The number of halogens is 2. The first-order valence-electron chi connectivity index (χ1n) is 6.62. The molecule has 19 heavy (non-hydrogen) atoms. The van der Waals surface area contributed by atoms with Crippen LogP contribution in [0.15, 0.2) is 18.2 Å². The van der Waals surface area contributed by atoms with Crippen LogP contribution in [0.25, 0.3) is 0 Å². The van der Waals surface area contributed by atoms with Gasteiger partial charge < -0.3 is 10.5 Å². The minimum Gasteiger partial charge on any atom is -0.491 e. The van der Waals surface area contributed by atoms with Gasteiger partial charge in [-0.2, -0.15) is 0 Å². The quantitative estimate of drug-likeness (QED) is 0.904. The molecule has 1 aromatic carbocycles. The molecule has 1 aromatic rings. The van der Waals surface area contributed by atoms with Crippen molar-refractivity contribution in [1.29, 1.82) is 0 Å². The summed E-state index contributed by atoms with van der Waals surface area (Å²) in [6, 6.07) is 4.72. The Hall–Kier alpha value is -0.840. The molecule has 0 spiro atoms. The smallest absolute Gasteiger partial charge is 0.138 e. The topological polar surface area (TPSA) is 38.5 Å². The Balaban J connectivity index is 1.80. The fourth-order valence-corrected chi connectivity index (χ4v) is 2.79. The van der Waals surface area contributed by atoms with Crippen LogP contribution in [0, 0.1) is 11.7 Å². The van der Waals surface area contributed by atoms with Crippen molar-refractivity contribution < 1.29 is 9.13 Å². The molecule has 5 heteroatoms. The zero-order valence-corrected chi connectivity index (χ0v) is 11.9. The molecule has 0 aromatic heterocycles. The van der Waals surface area contributed by atoms with Crippen molar-refractivity contribution in [2.75, 3.05) is 26.2 Å². The Morgan fingerprint density at radius 3 is 2.95 bits per heavy atom. The number of nitrogens with zero attached hydrogens (tertiary/aromatic N) is 1. The van der Waals surface area contributed by atoms with Crippen LogP contribution in [0.4, 0.5) is 4.39 Å². The fraction of sp³-hybridized carbons (Fsp3) is 0.571. The van der Waals surface area contributed by atoms with Crippen molar-refractivity contribution in [3.63, 3.8) is 0 Å². The van der Waals surface area contributed by atoms with Gasteiger partial charge in [-0.3, -0.25) is 4.90 Å². The molecular weight excluding hydrogens is 267 g/mol. The summed E-state index contributed by atoms with van der Waals surface area (Å²) in [5, 5.41) is 0.314. The van der Waals surface area contributed by atoms with Gasteiger partial charge in [0.2, 0.25) is 0 Å². The molecule has 0 aliphatic carbocycles. The van der Waals surface area contributed by atoms with Crippen LogP contribution in [0.2, 0.25) is 5.02 Å². The largest absolute Gasteiger partial charge is 0.491 e. The maximum absolute atomic E-state index is 12.9. The van der Waals surface area contributed by atoms with E-state index in [9.17, 15) is 4.39 Å². The van der Waals surface area contributed by atoms with Crippen molar-refractivity contribution in [3.05, 3.63) is 29.0 Å². The molecule has 2 N–H and O–H groups in total. The minimum absolute atomic E-state index is 0.314. The highest BCUT2D eigenvalue weighted by atomic mass is 35.5. The van der Waals surface area contributed by atoms with Crippen LogP contribution in [0.1, 0.15) is 13.3 Å². The SMILES string of the molecule is CC1CC(CN)CN1CCOc1ccc(F)cc1Cl. The minimum atomic E-state index is -0.351. The summed E-state index contributed by atoms with van der Waals surface area (Å²) in [5.41, 5.74) is 5.70. The van der Waals surface area contributed by atoms with Crippen LogP contribution >= 0.6 is 11.6 Å². The van der Waals surface area contributed by atoms with E-state index in [0.717, 1.165) is 26.1 Å². The van der Waals surface area contributed by atoms with E-state index in [-0.39, 0.29) is 5.82 Å². The third-order valence-corrected chi connectivity index (χ3v) is 3.95. The molecule has 1 heterocycles. The summed E-state index contributed by atoms with van der Waals surface area (Å²) in [4.78, 5) is 2.37. The van der Waals surface area contributed by atoms with Gasteiger partial charge in [0.05, 0.1) is 5.02 Å². The Labute approximate surface area is 118 Å². The standard InChI is InChI=1S/C14H20ClFN2O/c1-10-6-11(8-17)9-18(10)4-5-19-14-3-2-12(16)7-13(14)15/h2-3,7,10-11H,4-6,8-9,17H2,1H3. The lowest BCUT2D eigenvalue weighted by Gasteiger charge is -2.21. The third kappa shape index (κ3) is 3.81. The Morgan fingerprint density at radius 1 is 1.53 bits per heavy atom. The lowest BCUT2D eigenvalue weighted by molar-refractivity contribution is 0.202. The third-order valence-electron chi connectivity index (χ3n) is 3.65. The first kappa shape index (κ1) is 14.6.